The van der Waals surface area contributed by atoms with Gasteiger partial charge in [-0.15, -0.1) is 0 Å². The number of ether oxygens (including phenoxy) is 1. The summed E-state index contributed by atoms with van der Waals surface area (Å²) in [7, 11) is 0. The zero-order valence-corrected chi connectivity index (χ0v) is 14.9. The summed E-state index contributed by atoms with van der Waals surface area (Å²) in [5.74, 6) is -0.702. The van der Waals surface area contributed by atoms with Gasteiger partial charge in [-0.2, -0.15) is 5.10 Å². The Bertz CT molecular complexity index is 877. The summed E-state index contributed by atoms with van der Waals surface area (Å²) < 4.78 is 6.65. The normalized spacial score (nSPS) is 11.6. The number of aromatic nitrogens is 3. The van der Waals surface area contributed by atoms with Gasteiger partial charge in [0.1, 0.15) is 12.7 Å². The highest BCUT2D eigenvalue weighted by Gasteiger charge is 2.12. The number of nitrogens with one attached hydrogen (secondary N) is 1. The maximum absolute atomic E-state index is 12.1. The first-order valence-corrected chi connectivity index (χ1v) is 8.57. The zero-order valence-electron chi connectivity index (χ0n) is 14.9. The number of hydrogen-bond acceptors (Lipinski definition) is 5. The number of amides is 1. The van der Waals surface area contributed by atoms with E-state index in [-0.39, 0.29) is 18.4 Å². The lowest BCUT2D eigenvalue weighted by molar-refractivity contribution is -0.124. The number of carbonyl (C=O) groups is 2. The first-order valence-electron chi connectivity index (χ1n) is 8.57. The van der Waals surface area contributed by atoms with Gasteiger partial charge in [0.25, 0.3) is 5.91 Å². The summed E-state index contributed by atoms with van der Waals surface area (Å²) in [6, 6.07) is 16.6. The molecule has 0 spiro atoms. The molecule has 7 heteroatoms. The molecule has 1 N–H and O–H groups in total. The van der Waals surface area contributed by atoms with Crippen LogP contribution >= 0.6 is 0 Å². The third-order valence-corrected chi connectivity index (χ3v) is 4.09. The van der Waals surface area contributed by atoms with Gasteiger partial charge in [0.15, 0.2) is 6.61 Å². The molecule has 0 aliphatic rings. The fourth-order valence-electron chi connectivity index (χ4n) is 2.52. The largest absolute Gasteiger partial charge is 0.452 e. The van der Waals surface area contributed by atoms with Gasteiger partial charge in [-0.25, -0.2) is 14.5 Å². The average Bonchev–Trinajstić information content (AvgIpc) is 3.26. The molecule has 27 heavy (non-hydrogen) atoms. The zero-order chi connectivity index (χ0) is 19.1. The van der Waals surface area contributed by atoms with Crippen LogP contribution in [-0.2, 0) is 9.53 Å². The molecule has 1 aromatic heterocycles. The lowest BCUT2D eigenvalue weighted by Gasteiger charge is -2.13. The molecule has 1 heterocycles. The van der Waals surface area contributed by atoms with Crippen molar-refractivity contribution >= 4 is 11.9 Å². The van der Waals surface area contributed by atoms with Crippen molar-refractivity contribution in [2.75, 3.05) is 13.2 Å². The smallest absolute Gasteiger partial charge is 0.338 e. The molecule has 0 aliphatic heterocycles. The minimum Gasteiger partial charge on any atom is -0.452 e. The molecule has 1 atom stereocenters. The number of carbonyl (C=O) groups excluding carboxylic acids is 2. The highest BCUT2D eigenvalue weighted by Crippen LogP contribution is 2.13. The number of esters is 1. The quantitative estimate of drug-likeness (QED) is 0.651. The molecule has 3 rings (SSSR count). The van der Waals surface area contributed by atoms with Gasteiger partial charge < -0.3 is 10.1 Å². The monoisotopic (exact) mass is 364 g/mol. The van der Waals surface area contributed by atoms with E-state index in [4.69, 9.17) is 4.74 Å². The molecule has 0 saturated heterocycles. The van der Waals surface area contributed by atoms with Gasteiger partial charge in [0.2, 0.25) is 0 Å². The van der Waals surface area contributed by atoms with Crippen LogP contribution < -0.4 is 5.32 Å². The van der Waals surface area contributed by atoms with Crippen LogP contribution in [0.5, 0.6) is 0 Å². The number of rotatable bonds is 7. The van der Waals surface area contributed by atoms with E-state index in [0.717, 1.165) is 11.3 Å². The summed E-state index contributed by atoms with van der Waals surface area (Å²) in [5.41, 5.74) is 2.28. The Hall–Kier alpha value is -3.48. The van der Waals surface area contributed by atoms with E-state index >= 15 is 0 Å². The summed E-state index contributed by atoms with van der Waals surface area (Å²) in [6.45, 7) is 2.19. The maximum Gasteiger partial charge on any atom is 0.338 e. The SMILES string of the molecule is C[C@H](CNC(=O)COC(=O)c1ccc(-n2cncn2)cc1)c1ccccc1. The predicted octanol–water partition coefficient (Wildman–Crippen LogP) is 2.34. The Morgan fingerprint density at radius 1 is 1.11 bits per heavy atom. The van der Waals surface area contributed by atoms with Crippen LogP contribution in [0.25, 0.3) is 5.69 Å². The van der Waals surface area contributed by atoms with Crippen molar-refractivity contribution in [2.45, 2.75) is 12.8 Å². The molecule has 2 aromatic carbocycles. The molecule has 0 bridgehead atoms. The van der Waals surface area contributed by atoms with E-state index in [1.54, 1.807) is 35.3 Å². The van der Waals surface area contributed by atoms with Crippen LogP contribution in [-0.4, -0.2) is 39.8 Å². The van der Waals surface area contributed by atoms with E-state index in [9.17, 15) is 9.59 Å². The summed E-state index contributed by atoms with van der Waals surface area (Å²) in [4.78, 5) is 27.9. The first kappa shape index (κ1) is 18.3. The Balaban J connectivity index is 1.45. The molecule has 0 fully saturated rings. The molecular formula is C20H20N4O3. The Labute approximate surface area is 157 Å². The van der Waals surface area contributed by atoms with Crippen LogP contribution in [0.2, 0.25) is 0 Å². The van der Waals surface area contributed by atoms with Crippen molar-refractivity contribution < 1.29 is 14.3 Å². The maximum atomic E-state index is 12.1. The number of hydrogen-bond donors (Lipinski definition) is 1. The lowest BCUT2D eigenvalue weighted by atomic mass is 10.0. The van der Waals surface area contributed by atoms with E-state index in [2.05, 4.69) is 15.4 Å². The molecule has 0 saturated carbocycles. The lowest BCUT2D eigenvalue weighted by Crippen LogP contribution is -2.31. The minimum absolute atomic E-state index is 0.176. The number of nitrogens with zero attached hydrogens (tertiary/aromatic N) is 3. The second-order valence-electron chi connectivity index (χ2n) is 6.08. The van der Waals surface area contributed by atoms with Crippen molar-refractivity contribution in [2.24, 2.45) is 0 Å². The first-order chi connectivity index (χ1) is 13.1. The highest BCUT2D eigenvalue weighted by molar-refractivity contribution is 5.91. The summed E-state index contributed by atoms with van der Waals surface area (Å²) >= 11 is 0. The summed E-state index contributed by atoms with van der Waals surface area (Å²) in [6.07, 6.45) is 2.99. The van der Waals surface area contributed by atoms with E-state index < -0.39 is 5.97 Å². The average molecular weight is 364 g/mol. The molecule has 138 valence electrons. The Kier molecular flexibility index (Phi) is 5.94. The topological polar surface area (TPSA) is 86.1 Å². The van der Waals surface area contributed by atoms with Crippen molar-refractivity contribution in [3.8, 4) is 5.69 Å². The fraction of sp³-hybridized carbons (Fsp3) is 0.200. The second kappa shape index (κ2) is 8.75. The van der Waals surface area contributed by atoms with Crippen molar-refractivity contribution in [1.29, 1.82) is 0 Å². The van der Waals surface area contributed by atoms with Crippen LogP contribution in [0.3, 0.4) is 0 Å². The predicted molar refractivity (Wildman–Crippen MR) is 99.5 cm³/mol. The van der Waals surface area contributed by atoms with Crippen LogP contribution in [0.1, 0.15) is 28.8 Å². The number of benzene rings is 2. The van der Waals surface area contributed by atoms with Crippen LogP contribution in [0.15, 0.2) is 67.3 Å². The van der Waals surface area contributed by atoms with Crippen molar-refractivity contribution in [3.05, 3.63) is 78.4 Å². The molecular weight excluding hydrogens is 344 g/mol. The third-order valence-electron chi connectivity index (χ3n) is 4.09. The summed E-state index contributed by atoms with van der Waals surface area (Å²) in [5, 5.41) is 6.79. The molecule has 7 nitrogen and oxygen atoms in total. The Morgan fingerprint density at radius 3 is 2.52 bits per heavy atom. The molecule has 3 aromatic rings. The van der Waals surface area contributed by atoms with Gasteiger partial charge in [-0.3, -0.25) is 4.79 Å². The second-order valence-corrected chi connectivity index (χ2v) is 6.08. The molecule has 1 amide bonds. The van der Waals surface area contributed by atoms with Crippen molar-refractivity contribution in [1.82, 2.24) is 20.1 Å². The third kappa shape index (κ3) is 5.01. The fourth-order valence-corrected chi connectivity index (χ4v) is 2.52. The van der Waals surface area contributed by atoms with Crippen LogP contribution in [0.4, 0.5) is 0 Å². The van der Waals surface area contributed by atoms with Gasteiger partial charge in [-0.1, -0.05) is 37.3 Å². The molecule has 0 aliphatic carbocycles. The van der Waals surface area contributed by atoms with Gasteiger partial charge in [0, 0.05) is 6.54 Å². The van der Waals surface area contributed by atoms with Gasteiger partial charge in [-0.05, 0) is 35.7 Å². The van der Waals surface area contributed by atoms with Gasteiger partial charge in [0.05, 0.1) is 11.3 Å². The minimum atomic E-state index is -0.550. The van der Waals surface area contributed by atoms with E-state index in [1.165, 1.54) is 6.33 Å². The van der Waals surface area contributed by atoms with Crippen LogP contribution in [0, 0.1) is 0 Å². The molecule has 0 radical (unpaired) electrons. The van der Waals surface area contributed by atoms with E-state index in [0.29, 0.717) is 12.1 Å². The van der Waals surface area contributed by atoms with Crippen molar-refractivity contribution in [3.63, 3.8) is 0 Å². The Morgan fingerprint density at radius 2 is 1.85 bits per heavy atom. The standard InChI is InChI=1S/C20H20N4O3/c1-15(16-5-3-2-4-6-16)11-22-19(25)12-27-20(26)17-7-9-18(10-8-17)24-14-21-13-23-24/h2-10,13-15H,11-12H2,1H3,(H,22,25)/t15-/m1/s1. The van der Waals surface area contributed by atoms with Gasteiger partial charge >= 0.3 is 5.97 Å². The van der Waals surface area contributed by atoms with E-state index in [1.807, 2.05) is 37.3 Å². The highest BCUT2D eigenvalue weighted by atomic mass is 16.5. The molecule has 0 unspecified atom stereocenters.